The van der Waals surface area contributed by atoms with Crippen molar-refractivity contribution in [3.8, 4) is 0 Å². The quantitative estimate of drug-likeness (QED) is 0.251. The van der Waals surface area contributed by atoms with E-state index in [0.717, 1.165) is 96.1 Å². The predicted molar refractivity (Wildman–Crippen MR) is 151 cm³/mol. The summed E-state index contributed by atoms with van der Waals surface area (Å²) in [6, 6.07) is 14.6. The molecule has 1 aliphatic heterocycles. The van der Waals surface area contributed by atoms with Gasteiger partial charge in [0.15, 0.2) is 0 Å². The van der Waals surface area contributed by atoms with E-state index in [2.05, 4.69) is 9.80 Å². The van der Waals surface area contributed by atoms with Gasteiger partial charge < -0.3 is 20.2 Å². The number of piperazine rings is 1. The van der Waals surface area contributed by atoms with Gasteiger partial charge in [0.25, 0.3) is 0 Å². The van der Waals surface area contributed by atoms with E-state index in [1.54, 1.807) is 24.5 Å². The maximum absolute atomic E-state index is 10.0. The van der Waals surface area contributed by atoms with Gasteiger partial charge in [-0.2, -0.15) is 9.46 Å². The van der Waals surface area contributed by atoms with Gasteiger partial charge in [0.1, 0.15) is 0 Å². The fourth-order valence-electron chi connectivity index (χ4n) is 4.94. The molecule has 1 aliphatic rings. The second-order valence-corrected chi connectivity index (χ2v) is 10.4. The summed E-state index contributed by atoms with van der Waals surface area (Å²) in [6.45, 7) is 7.80. The van der Waals surface area contributed by atoms with Crippen molar-refractivity contribution in [2.45, 2.75) is 12.8 Å². The molecule has 4 aromatic rings. The normalized spacial score (nSPS) is 16.2. The van der Waals surface area contributed by atoms with Crippen molar-refractivity contribution in [1.29, 1.82) is 0 Å². The summed E-state index contributed by atoms with van der Waals surface area (Å²) < 4.78 is 2.16. The van der Waals surface area contributed by atoms with Crippen molar-refractivity contribution in [1.82, 2.24) is 19.3 Å². The number of halogens is 2. The third kappa shape index (κ3) is 6.32. The van der Waals surface area contributed by atoms with Crippen LogP contribution in [0.5, 0.6) is 0 Å². The Balaban J connectivity index is 1.06. The van der Waals surface area contributed by atoms with Crippen LogP contribution >= 0.6 is 23.2 Å². The molecule has 5 rings (SSSR count). The molecule has 10 heteroatoms. The van der Waals surface area contributed by atoms with Gasteiger partial charge >= 0.3 is 0 Å². The van der Waals surface area contributed by atoms with Crippen LogP contribution in [0.25, 0.3) is 21.8 Å². The van der Waals surface area contributed by atoms with Crippen LogP contribution in [-0.4, -0.2) is 82.0 Å². The highest BCUT2D eigenvalue weighted by Gasteiger charge is 2.15. The number of aromatic nitrogens is 2. The summed E-state index contributed by atoms with van der Waals surface area (Å²) >= 11 is 12.1. The van der Waals surface area contributed by atoms with Crippen molar-refractivity contribution in [3.63, 3.8) is 0 Å². The molecular formula is C28H32Cl2N6O2. The largest absolute Gasteiger partial charge is 0.428 e. The van der Waals surface area contributed by atoms with E-state index in [4.69, 9.17) is 33.2 Å². The third-order valence-electron chi connectivity index (χ3n) is 7.01. The Morgan fingerprint density at radius 1 is 0.632 bits per heavy atom. The molecule has 1 fully saturated rings. The Morgan fingerprint density at radius 3 is 1.47 bits per heavy atom. The molecule has 0 aliphatic carbocycles. The third-order valence-corrected chi connectivity index (χ3v) is 7.48. The SMILES string of the molecule is On1ccc(=NCCCN2CCN(CCCN=c3ccn(O)c4cc(Cl)ccc34)CC2)c2ccc(Cl)cc21. The fourth-order valence-corrected chi connectivity index (χ4v) is 5.28. The Bertz CT molecular complexity index is 1440. The van der Waals surface area contributed by atoms with E-state index in [9.17, 15) is 10.4 Å². The van der Waals surface area contributed by atoms with Gasteiger partial charge in [0.05, 0.1) is 21.7 Å². The summed E-state index contributed by atoms with van der Waals surface area (Å²) in [5.41, 5.74) is 1.31. The van der Waals surface area contributed by atoms with Crippen LogP contribution in [-0.2, 0) is 0 Å². The molecule has 38 heavy (non-hydrogen) atoms. The minimum absolute atomic E-state index is 0.585. The van der Waals surface area contributed by atoms with Crippen molar-refractivity contribution in [2.24, 2.45) is 9.98 Å². The Kier molecular flexibility index (Phi) is 8.54. The van der Waals surface area contributed by atoms with E-state index in [0.29, 0.717) is 21.1 Å². The monoisotopic (exact) mass is 554 g/mol. The van der Waals surface area contributed by atoms with Gasteiger partial charge in [-0.3, -0.25) is 9.98 Å². The van der Waals surface area contributed by atoms with Gasteiger partial charge in [0, 0.05) is 72.5 Å². The molecule has 3 heterocycles. The smallest absolute Gasteiger partial charge is 0.0901 e. The van der Waals surface area contributed by atoms with Gasteiger partial charge in [-0.1, -0.05) is 23.2 Å². The highest BCUT2D eigenvalue weighted by Crippen LogP contribution is 2.17. The second kappa shape index (κ2) is 12.2. The molecule has 0 spiro atoms. The van der Waals surface area contributed by atoms with Gasteiger partial charge in [0.2, 0.25) is 0 Å². The summed E-state index contributed by atoms with van der Waals surface area (Å²) in [6.07, 6.45) is 5.19. The van der Waals surface area contributed by atoms with Crippen molar-refractivity contribution < 1.29 is 10.4 Å². The lowest BCUT2D eigenvalue weighted by Gasteiger charge is -2.34. The maximum atomic E-state index is 10.0. The molecule has 0 atom stereocenters. The molecule has 1 saturated heterocycles. The number of hydrogen-bond acceptors (Lipinski definition) is 6. The minimum atomic E-state index is 0.585. The number of nitrogens with zero attached hydrogens (tertiary/aromatic N) is 6. The fraction of sp³-hybridized carbons (Fsp3) is 0.357. The summed E-state index contributed by atoms with van der Waals surface area (Å²) in [5, 5.41) is 24.8. The van der Waals surface area contributed by atoms with Crippen LogP contribution in [0.2, 0.25) is 10.0 Å². The maximum Gasteiger partial charge on any atom is 0.0901 e. The molecule has 0 unspecified atom stereocenters. The van der Waals surface area contributed by atoms with Gasteiger partial charge in [-0.05, 0) is 74.5 Å². The first kappa shape index (κ1) is 26.6. The second-order valence-electron chi connectivity index (χ2n) is 9.57. The molecule has 2 N–H and O–H groups in total. The van der Waals surface area contributed by atoms with E-state index in [-0.39, 0.29) is 0 Å². The zero-order valence-corrected chi connectivity index (χ0v) is 22.7. The molecular weight excluding hydrogens is 523 g/mol. The van der Waals surface area contributed by atoms with E-state index in [1.165, 1.54) is 0 Å². The molecule has 0 radical (unpaired) electrons. The standard InChI is InChI=1S/C28H32Cl2N6O2/c29-21-3-5-23-25(7-13-35(37)27(23)19-21)31-9-1-11-33-15-17-34(18-16-33)12-2-10-32-26-8-14-36(38)28-20-22(30)4-6-24(26)28/h3-8,13-14,19-20,37-38H,1-2,9-12,15-18H2. The average molecular weight is 556 g/mol. The van der Waals surface area contributed by atoms with E-state index in [1.807, 2.05) is 36.4 Å². The highest BCUT2D eigenvalue weighted by atomic mass is 35.5. The van der Waals surface area contributed by atoms with Crippen molar-refractivity contribution in [3.05, 3.63) is 81.7 Å². The average Bonchev–Trinajstić information content (AvgIpc) is 2.92. The van der Waals surface area contributed by atoms with Gasteiger partial charge in [-0.25, -0.2) is 0 Å². The van der Waals surface area contributed by atoms with Crippen molar-refractivity contribution >= 4 is 45.0 Å². The summed E-state index contributed by atoms with van der Waals surface area (Å²) in [7, 11) is 0. The predicted octanol–water partition coefficient (Wildman–Crippen LogP) is 4.28. The van der Waals surface area contributed by atoms with Crippen LogP contribution in [0, 0.1) is 0 Å². The van der Waals surface area contributed by atoms with Crippen LogP contribution in [0.15, 0.2) is 70.9 Å². The number of fused-ring (bicyclic) bond motifs is 2. The van der Waals surface area contributed by atoms with Crippen molar-refractivity contribution in [2.75, 3.05) is 52.4 Å². The first-order valence-corrected chi connectivity index (χ1v) is 13.7. The van der Waals surface area contributed by atoms with Crippen LogP contribution in [0.4, 0.5) is 0 Å². The lowest BCUT2D eigenvalue weighted by atomic mass is 10.2. The zero-order chi connectivity index (χ0) is 26.5. The molecule has 2 aromatic carbocycles. The van der Waals surface area contributed by atoms with E-state index >= 15 is 0 Å². The number of rotatable bonds is 8. The molecule has 2 aromatic heterocycles. The van der Waals surface area contributed by atoms with Crippen LogP contribution < -0.4 is 10.7 Å². The Labute approximate surface area is 231 Å². The molecule has 200 valence electrons. The highest BCUT2D eigenvalue weighted by molar-refractivity contribution is 6.31. The molecule has 8 nitrogen and oxygen atoms in total. The van der Waals surface area contributed by atoms with Crippen LogP contribution in [0.1, 0.15) is 12.8 Å². The molecule has 0 saturated carbocycles. The molecule has 0 amide bonds. The zero-order valence-electron chi connectivity index (χ0n) is 21.2. The Hall–Kier alpha value is -3.04. The first-order valence-electron chi connectivity index (χ1n) is 12.9. The topological polar surface area (TPSA) is 81.5 Å². The van der Waals surface area contributed by atoms with Crippen LogP contribution in [0.3, 0.4) is 0 Å². The number of benzene rings is 2. The molecule has 0 bridgehead atoms. The number of hydrogen-bond donors (Lipinski definition) is 2. The lowest BCUT2D eigenvalue weighted by molar-refractivity contribution is 0.131. The van der Waals surface area contributed by atoms with Gasteiger partial charge in [-0.15, -0.1) is 0 Å². The minimum Gasteiger partial charge on any atom is -0.428 e. The lowest BCUT2D eigenvalue weighted by Crippen LogP contribution is -2.46. The summed E-state index contributed by atoms with van der Waals surface area (Å²) in [4.78, 5) is 14.6. The van der Waals surface area contributed by atoms with E-state index < -0.39 is 0 Å². The number of pyridine rings is 2. The Morgan fingerprint density at radius 2 is 1.05 bits per heavy atom. The first-order chi connectivity index (χ1) is 18.5. The summed E-state index contributed by atoms with van der Waals surface area (Å²) in [5.74, 6) is 0.